The molecule has 1 aromatic carbocycles. The lowest BCUT2D eigenvalue weighted by Gasteiger charge is -2.23. The van der Waals surface area contributed by atoms with Crippen LogP contribution in [-0.4, -0.2) is 219 Å². The molecule has 4 saturated heterocycles. The lowest BCUT2D eigenvalue weighted by molar-refractivity contribution is -0.146. The van der Waals surface area contributed by atoms with E-state index in [0.29, 0.717) is 117 Å². The SMILES string of the molecule is CC(C)C[C@H](CC(=O)c1nc2ncccc2[nH]1)C(=O)N[C@@H](C[C@@H]1CCNC1=O)C(N)=O.CC(C)C[C@H](CC(=O)c1nc2ncccc2[nH]1)C(=O)N[C@H](C#N)C[C@@H]1CCNC1=O.COC(=O)[C@H](C[C@@H]1CCNC1=O)NC(=O)[C@@H](CC(=O)c1nc2ccccc2[nH]1)CC(C)C.COC(=O)[C@H](C[C@@H]1CCNC1=O)NC(=O)[C@@H](N)CC(C)C.O=C(O)c1nc2ncccc2[nH]1. The second-order valence-corrected chi connectivity index (χ2v) is 33.3. The van der Waals surface area contributed by atoms with Gasteiger partial charge < -0.3 is 88.5 Å². The van der Waals surface area contributed by atoms with Crippen molar-refractivity contribution in [3.8, 4) is 6.07 Å². The number of carboxylic acids is 1. The number of rotatable bonds is 37. The summed E-state index contributed by atoms with van der Waals surface area (Å²) < 4.78 is 9.53. The molecule has 9 amide bonds. The molecule has 7 aromatic heterocycles. The number of methoxy groups -OCH3 is 2. The van der Waals surface area contributed by atoms with E-state index >= 15 is 0 Å². The van der Waals surface area contributed by atoms with Crippen LogP contribution < -0.4 is 54.0 Å². The number of ketones is 3. The van der Waals surface area contributed by atoms with E-state index in [1.165, 1.54) is 14.2 Å². The van der Waals surface area contributed by atoms with Crippen molar-refractivity contribution in [3.05, 3.63) is 103 Å². The van der Waals surface area contributed by atoms with Gasteiger partial charge in [0.25, 0.3) is 0 Å². The highest BCUT2D eigenvalue weighted by molar-refractivity contribution is 6.01. The first kappa shape index (κ1) is 98.1. The number of ether oxygens (including phenoxy) is 2. The molecule has 40 heteroatoms. The zero-order valence-corrected chi connectivity index (χ0v) is 72.3. The number of hydrogen-bond donors (Lipinski definition) is 15. The fraction of sp³-hybridized carbons (Fsp3) is 0.523. The number of para-hydroxylation sites is 2. The van der Waals surface area contributed by atoms with Crippen LogP contribution in [0.3, 0.4) is 0 Å². The molecule has 12 rings (SSSR count). The third-order valence-electron chi connectivity index (χ3n) is 21.4. The number of primary amides is 1. The van der Waals surface area contributed by atoms with Gasteiger partial charge in [0.15, 0.2) is 51.8 Å². The van der Waals surface area contributed by atoms with Crippen molar-refractivity contribution in [2.24, 2.45) is 76.6 Å². The van der Waals surface area contributed by atoms with Gasteiger partial charge in [0.2, 0.25) is 59.0 Å². The highest BCUT2D eigenvalue weighted by atomic mass is 16.5. The summed E-state index contributed by atoms with van der Waals surface area (Å²) in [6.45, 7) is 18.0. The maximum Gasteiger partial charge on any atom is 0.371 e. The van der Waals surface area contributed by atoms with Gasteiger partial charge in [-0.3, -0.25) is 57.5 Å². The second-order valence-electron chi connectivity index (χ2n) is 33.3. The summed E-state index contributed by atoms with van der Waals surface area (Å²) in [7, 11) is 2.50. The van der Waals surface area contributed by atoms with E-state index in [0.717, 1.165) is 5.52 Å². The Morgan fingerprint density at radius 1 is 0.444 bits per heavy atom. The number of nitrogens with one attached hydrogen (secondary N) is 12. The molecule has 40 nitrogen and oxygen atoms in total. The first-order chi connectivity index (χ1) is 60.0. The molecular formula is C86H114N22O18. The monoisotopic (exact) mass is 1740 g/mol. The number of nitrogens with two attached hydrogens (primary N) is 2. The first-order valence-electron chi connectivity index (χ1n) is 42.1. The van der Waals surface area contributed by atoms with E-state index < -0.39 is 89.5 Å². The van der Waals surface area contributed by atoms with Crippen LogP contribution >= 0.6 is 0 Å². The molecular weight excluding hydrogens is 1630 g/mol. The van der Waals surface area contributed by atoms with Crippen LogP contribution in [0.5, 0.6) is 0 Å². The van der Waals surface area contributed by atoms with Gasteiger partial charge in [-0.05, 0) is 149 Å². The Bertz CT molecular complexity index is 5090. The standard InChI is InChI=1S/C23H30N4O5.C21H28N6O4.C21H26N6O3.C14H25N3O4.C7H5N3O2/c1-13(2)10-15(12-19(28)20-25-16-6-4-5-7-17(16)26-20)22(30)27-18(23(31)32-3)11-14-8-9-24-21(14)29;1-11(2)8-13(10-16(28)19-25-14-4-3-6-23-18(14)27-19)21(31)26-15(17(22)29)9-12-5-7-24-20(12)30;1-12(2)8-14(10-17(28)19-26-16-4-3-6-23-18(16)27-19)21(30)25-15(11-22)9-13-5-7-24-20(13)29;1-8(2)6-10(15)13(19)17-11(14(20)21-3)7-9-4-5-16-12(9)18;11-7(12)6-9-4-2-1-3-8-5(4)10-6/h4-7,13-15,18H,8-12H2,1-3H3,(H,24,29)(H,25,26)(H,27,30);3-4,6,11-13,15H,5,7-10H2,1-2H3,(H2,22,29)(H,24,30)(H,26,31)(H,23,25,27);3-4,6,12-15H,5,7-10H2,1-2H3,(H,24,29)(H,25,30)(H,23,26,27);8-11H,4-7,15H2,1-3H3,(H,16,18)(H,17,19);1-3H,(H,11,12)(H,8,9,10)/t14-,15+,18-;12-,13+,15-;13-,14+,15-;9-,10-,11-;/m0000./s1. The Balaban J connectivity index is 0.000000200. The highest BCUT2D eigenvalue weighted by Crippen LogP contribution is 2.27. The summed E-state index contributed by atoms with van der Waals surface area (Å²) in [6, 6.07) is 15.7. The number of imidazole rings is 4. The number of esters is 2. The average Bonchev–Trinajstić information content (AvgIpc) is 1.68. The quantitative estimate of drug-likeness (QED) is 0.0187. The smallest absolute Gasteiger partial charge is 0.371 e. The molecule has 11 heterocycles. The van der Waals surface area contributed by atoms with Crippen LogP contribution in [-0.2, 0) is 62.2 Å². The number of benzene rings is 1. The number of carbonyl (C=O) groups is 15. The summed E-state index contributed by atoms with van der Waals surface area (Å²) in [5, 5.41) is 39.6. The zero-order valence-electron chi connectivity index (χ0n) is 72.3. The van der Waals surface area contributed by atoms with Gasteiger partial charge >= 0.3 is 17.9 Å². The first-order valence-corrected chi connectivity index (χ1v) is 42.1. The predicted octanol–water partition coefficient (Wildman–Crippen LogP) is 4.60. The number of fused-ring (bicyclic) bond motifs is 4. The van der Waals surface area contributed by atoms with Crippen molar-refractivity contribution >= 4 is 133 Å². The number of aromatic nitrogens is 11. The van der Waals surface area contributed by atoms with Gasteiger partial charge in [-0.15, -0.1) is 0 Å². The third kappa shape index (κ3) is 29.4. The lowest BCUT2D eigenvalue weighted by atomic mass is 9.90. The number of aromatic carboxylic acids is 1. The fourth-order valence-corrected chi connectivity index (χ4v) is 15.0. The van der Waals surface area contributed by atoms with Crippen LogP contribution in [0.25, 0.3) is 44.5 Å². The number of hydrogen-bond acceptors (Lipinski definition) is 26. The summed E-state index contributed by atoms with van der Waals surface area (Å²) in [5.74, 6) is -7.80. The van der Waals surface area contributed by atoms with Crippen LogP contribution in [0.15, 0.2) is 79.3 Å². The molecule has 0 radical (unpaired) electrons. The fourth-order valence-electron chi connectivity index (χ4n) is 15.0. The molecule has 12 atom stereocenters. The van der Waals surface area contributed by atoms with E-state index in [-0.39, 0.29) is 162 Å². The van der Waals surface area contributed by atoms with Crippen molar-refractivity contribution in [2.45, 2.75) is 182 Å². The number of nitrogens with zero attached hydrogens (tertiary/aromatic N) is 8. The number of carbonyl (C=O) groups excluding carboxylic acids is 14. The van der Waals surface area contributed by atoms with E-state index in [9.17, 15) is 77.2 Å². The summed E-state index contributed by atoms with van der Waals surface area (Å²) in [4.78, 5) is 223. The van der Waals surface area contributed by atoms with Crippen molar-refractivity contribution < 1.29 is 86.5 Å². The maximum atomic E-state index is 13.1. The zero-order chi connectivity index (χ0) is 92.0. The molecule has 0 bridgehead atoms. The predicted molar refractivity (Wildman–Crippen MR) is 457 cm³/mol. The molecule has 0 aliphatic carbocycles. The Kier molecular flexibility index (Phi) is 37.0. The van der Waals surface area contributed by atoms with Gasteiger partial charge in [-0.25, -0.2) is 49.3 Å². The third-order valence-corrected chi connectivity index (χ3v) is 21.4. The van der Waals surface area contributed by atoms with Crippen molar-refractivity contribution in [2.75, 3.05) is 40.4 Å². The van der Waals surface area contributed by atoms with Gasteiger partial charge in [0, 0.05) is 105 Å². The van der Waals surface area contributed by atoms with Gasteiger partial charge in [-0.1, -0.05) is 67.5 Å². The van der Waals surface area contributed by atoms with Crippen molar-refractivity contribution in [1.29, 1.82) is 5.26 Å². The molecule has 4 aliphatic heterocycles. The van der Waals surface area contributed by atoms with E-state index in [1.54, 1.807) is 61.1 Å². The molecule has 0 spiro atoms. The van der Waals surface area contributed by atoms with Gasteiger partial charge in [0.1, 0.15) is 24.2 Å². The van der Waals surface area contributed by atoms with Gasteiger partial charge in [-0.2, -0.15) is 5.26 Å². The summed E-state index contributed by atoms with van der Waals surface area (Å²) >= 11 is 0. The Morgan fingerprint density at radius 2 is 0.770 bits per heavy atom. The van der Waals surface area contributed by atoms with Crippen molar-refractivity contribution in [1.82, 2.24) is 97.4 Å². The number of nitriles is 1. The summed E-state index contributed by atoms with van der Waals surface area (Å²) in [6.07, 6.45) is 9.87. The molecule has 17 N–H and O–H groups in total. The lowest BCUT2D eigenvalue weighted by Crippen LogP contribution is -2.50. The molecule has 0 saturated carbocycles. The largest absolute Gasteiger partial charge is 0.475 e. The number of aromatic amines is 4. The van der Waals surface area contributed by atoms with Crippen LogP contribution in [0.2, 0.25) is 0 Å². The average molecular weight is 1740 g/mol. The Hall–Kier alpha value is -13.4. The number of carboxylic acid groups (broad SMARTS) is 1. The maximum absolute atomic E-state index is 13.1. The second kappa shape index (κ2) is 47.5. The normalized spacial score (nSPS) is 17.7. The number of amides is 9. The van der Waals surface area contributed by atoms with Gasteiger partial charge in [0.05, 0.1) is 53.9 Å². The van der Waals surface area contributed by atoms with Crippen LogP contribution in [0.4, 0.5) is 0 Å². The topological polar surface area (TPSA) is 620 Å². The minimum Gasteiger partial charge on any atom is -0.475 e. The van der Waals surface area contributed by atoms with E-state index in [1.807, 2.05) is 73.6 Å². The molecule has 676 valence electrons. The Morgan fingerprint density at radius 3 is 1.11 bits per heavy atom. The molecule has 8 aromatic rings. The highest BCUT2D eigenvalue weighted by Gasteiger charge is 2.39. The number of Topliss-reactive ketones (excluding diaryl/α,β-unsaturated/α-hetero) is 3. The molecule has 4 aliphatic rings. The molecule has 4 fully saturated rings. The number of pyridine rings is 3. The minimum absolute atomic E-state index is 0.0219. The van der Waals surface area contributed by atoms with Crippen molar-refractivity contribution in [3.63, 3.8) is 0 Å². The Labute approximate surface area is 726 Å². The minimum atomic E-state index is -1.08. The van der Waals surface area contributed by atoms with E-state index in [2.05, 4.69) is 103 Å². The number of H-pyrrole nitrogens is 4. The molecule has 0 unspecified atom stereocenters. The molecule has 126 heavy (non-hydrogen) atoms. The summed E-state index contributed by atoms with van der Waals surface area (Å²) in [5.41, 5.74) is 15.9. The van der Waals surface area contributed by atoms with E-state index in [4.69, 9.17) is 26.0 Å². The van der Waals surface area contributed by atoms with Crippen LogP contribution in [0.1, 0.15) is 194 Å². The van der Waals surface area contributed by atoms with Crippen LogP contribution in [0, 0.1) is 76.4 Å².